The maximum Gasteiger partial charge on any atom is 0.338 e. The van der Waals surface area contributed by atoms with Gasteiger partial charge in [0.1, 0.15) is 30.2 Å². The molecule has 0 saturated carbocycles. The van der Waals surface area contributed by atoms with Crippen molar-refractivity contribution in [3.63, 3.8) is 0 Å². The predicted octanol–water partition coefficient (Wildman–Crippen LogP) is 2.74. The molecule has 1 aliphatic rings. The van der Waals surface area contributed by atoms with Gasteiger partial charge in [-0.1, -0.05) is 36.4 Å². The van der Waals surface area contributed by atoms with E-state index < -0.39 is 36.5 Å². The van der Waals surface area contributed by atoms with Crippen LogP contribution < -0.4 is 10.5 Å². The first-order valence-electron chi connectivity index (χ1n) is 11.3. The van der Waals surface area contributed by atoms with E-state index in [4.69, 9.17) is 24.7 Å². The highest BCUT2D eigenvalue weighted by atomic mass is 19.1. The van der Waals surface area contributed by atoms with E-state index in [0.29, 0.717) is 5.56 Å². The highest BCUT2D eigenvalue weighted by Crippen LogP contribution is 2.38. The molecule has 4 aromatic rings. The van der Waals surface area contributed by atoms with Crippen LogP contribution in [0.5, 0.6) is 5.88 Å². The fourth-order valence-corrected chi connectivity index (χ4v) is 4.03. The van der Waals surface area contributed by atoms with Crippen molar-refractivity contribution in [2.24, 2.45) is 0 Å². The number of alkyl halides is 1. The zero-order valence-electron chi connectivity index (χ0n) is 19.6. The number of hydrogen-bond donors (Lipinski definition) is 1. The smallest absolute Gasteiger partial charge is 0.338 e. The number of carbonyl (C=O) groups is 2. The summed E-state index contributed by atoms with van der Waals surface area (Å²) >= 11 is 0. The number of hydrogen-bond acceptors (Lipinski definition) is 10. The number of benzene rings is 2. The SMILES string of the molecule is COc1nn([C@H]2O[C@@H](COC(=O)c3ccccc3)[C@H](OC(=O)c3ccccc3)[C@@H]2F)c2ncnc(N)c12. The molecular formula is C25H22FN5O6. The summed E-state index contributed by atoms with van der Waals surface area (Å²) in [5, 5.41) is 4.52. The van der Waals surface area contributed by atoms with Gasteiger partial charge in [-0.25, -0.2) is 28.6 Å². The summed E-state index contributed by atoms with van der Waals surface area (Å²) in [6, 6.07) is 16.4. The maximum absolute atomic E-state index is 15.9. The van der Waals surface area contributed by atoms with Gasteiger partial charge in [0, 0.05) is 0 Å². The summed E-state index contributed by atoms with van der Waals surface area (Å²) in [5.74, 6) is -1.24. The maximum atomic E-state index is 15.9. The third-order valence-electron chi connectivity index (χ3n) is 5.83. The summed E-state index contributed by atoms with van der Waals surface area (Å²) in [6.45, 7) is -0.384. The van der Waals surface area contributed by atoms with Crippen LogP contribution >= 0.6 is 0 Å². The summed E-state index contributed by atoms with van der Waals surface area (Å²) in [5.41, 5.74) is 6.65. The van der Waals surface area contributed by atoms with Crippen LogP contribution in [-0.2, 0) is 14.2 Å². The molecule has 1 aliphatic heterocycles. The lowest BCUT2D eigenvalue weighted by atomic mass is 10.1. The van der Waals surface area contributed by atoms with Gasteiger partial charge in [-0.2, -0.15) is 0 Å². The van der Waals surface area contributed by atoms with E-state index in [-0.39, 0.29) is 34.9 Å². The van der Waals surface area contributed by atoms with Gasteiger partial charge < -0.3 is 24.7 Å². The Morgan fingerprint density at radius 2 is 1.68 bits per heavy atom. The number of nitrogen functional groups attached to an aromatic ring is 1. The third kappa shape index (κ3) is 4.66. The fraction of sp³-hybridized carbons (Fsp3) is 0.240. The number of rotatable bonds is 7. The fourth-order valence-electron chi connectivity index (χ4n) is 4.03. The molecule has 2 aromatic heterocycles. The van der Waals surface area contributed by atoms with E-state index in [0.717, 1.165) is 4.68 Å². The van der Waals surface area contributed by atoms with E-state index in [1.807, 2.05) is 0 Å². The van der Waals surface area contributed by atoms with Crippen LogP contribution in [0.1, 0.15) is 26.9 Å². The van der Waals surface area contributed by atoms with E-state index in [1.165, 1.54) is 13.4 Å². The molecule has 3 heterocycles. The molecule has 0 aliphatic carbocycles. The number of carbonyl (C=O) groups excluding carboxylic acids is 2. The first-order chi connectivity index (χ1) is 18.0. The highest BCUT2D eigenvalue weighted by Gasteiger charge is 2.50. The molecule has 5 rings (SSSR count). The molecular weight excluding hydrogens is 485 g/mol. The molecule has 0 spiro atoms. The number of anilines is 1. The van der Waals surface area contributed by atoms with Crippen molar-refractivity contribution in [2.45, 2.75) is 24.6 Å². The summed E-state index contributed by atoms with van der Waals surface area (Å²) < 4.78 is 39.2. The van der Waals surface area contributed by atoms with Gasteiger partial charge in [0.05, 0.1) is 18.2 Å². The minimum Gasteiger partial charge on any atom is -0.479 e. The quantitative estimate of drug-likeness (QED) is 0.371. The van der Waals surface area contributed by atoms with E-state index in [9.17, 15) is 9.59 Å². The zero-order valence-corrected chi connectivity index (χ0v) is 19.6. The lowest BCUT2D eigenvalue weighted by Gasteiger charge is -2.19. The van der Waals surface area contributed by atoms with Crippen LogP contribution in [0.3, 0.4) is 0 Å². The Bertz CT molecular complexity index is 1420. The van der Waals surface area contributed by atoms with Crippen molar-refractivity contribution in [1.29, 1.82) is 0 Å². The number of ether oxygens (including phenoxy) is 4. The number of methoxy groups -OCH3 is 1. The molecule has 1 saturated heterocycles. The Morgan fingerprint density at radius 1 is 1.03 bits per heavy atom. The Labute approximate surface area is 209 Å². The average molecular weight is 507 g/mol. The zero-order chi connectivity index (χ0) is 25.9. The predicted molar refractivity (Wildman–Crippen MR) is 127 cm³/mol. The van der Waals surface area contributed by atoms with Gasteiger partial charge in [-0.15, -0.1) is 5.10 Å². The lowest BCUT2D eigenvalue weighted by Crippen LogP contribution is -2.37. The summed E-state index contributed by atoms with van der Waals surface area (Å²) in [6.07, 6.45) is -4.67. The molecule has 12 heteroatoms. The minimum absolute atomic E-state index is 0.0701. The van der Waals surface area contributed by atoms with E-state index in [1.54, 1.807) is 60.7 Å². The molecule has 11 nitrogen and oxygen atoms in total. The van der Waals surface area contributed by atoms with Crippen molar-refractivity contribution in [3.8, 4) is 5.88 Å². The van der Waals surface area contributed by atoms with Gasteiger partial charge in [-0.05, 0) is 24.3 Å². The van der Waals surface area contributed by atoms with Crippen molar-refractivity contribution >= 4 is 28.8 Å². The molecule has 0 unspecified atom stereocenters. The topological polar surface area (TPSA) is 141 Å². The monoisotopic (exact) mass is 507 g/mol. The van der Waals surface area contributed by atoms with Crippen LogP contribution in [0.25, 0.3) is 11.0 Å². The minimum atomic E-state index is -1.91. The van der Waals surface area contributed by atoms with E-state index in [2.05, 4.69) is 15.1 Å². The van der Waals surface area contributed by atoms with Crippen molar-refractivity contribution in [1.82, 2.24) is 19.7 Å². The number of nitrogens with zero attached hydrogens (tertiary/aromatic N) is 4. The van der Waals surface area contributed by atoms with Gasteiger partial charge in [0.25, 0.3) is 0 Å². The highest BCUT2D eigenvalue weighted by molar-refractivity contribution is 5.91. The van der Waals surface area contributed by atoms with Crippen LogP contribution in [-0.4, -0.2) is 63.8 Å². The van der Waals surface area contributed by atoms with Gasteiger partial charge in [-0.3, -0.25) is 0 Å². The molecule has 0 radical (unpaired) electrons. The second-order valence-electron chi connectivity index (χ2n) is 8.12. The van der Waals surface area contributed by atoms with Gasteiger partial charge >= 0.3 is 11.9 Å². The summed E-state index contributed by atoms with van der Waals surface area (Å²) in [4.78, 5) is 33.3. The molecule has 37 heavy (non-hydrogen) atoms. The van der Waals surface area contributed by atoms with Crippen molar-refractivity contribution in [2.75, 3.05) is 19.5 Å². The van der Waals surface area contributed by atoms with Crippen LogP contribution in [0.15, 0.2) is 67.0 Å². The van der Waals surface area contributed by atoms with Gasteiger partial charge in [0.2, 0.25) is 5.88 Å². The normalized spacial score (nSPS) is 21.0. The number of nitrogens with two attached hydrogens (primary N) is 1. The van der Waals surface area contributed by atoms with E-state index >= 15 is 4.39 Å². The number of fused-ring (bicyclic) bond motifs is 1. The second-order valence-corrected chi connectivity index (χ2v) is 8.12. The van der Waals surface area contributed by atoms with Crippen LogP contribution in [0.4, 0.5) is 10.2 Å². The average Bonchev–Trinajstić information content (AvgIpc) is 3.46. The molecule has 2 aromatic carbocycles. The Kier molecular flexibility index (Phi) is 6.64. The summed E-state index contributed by atoms with van der Waals surface area (Å²) in [7, 11) is 1.37. The van der Waals surface area contributed by atoms with Crippen LogP contribution in [0.2, 0.25) is 0 Å². The molecule has 190 valence electrons. The van der Waals surface area contributed by atoms with Crippen LogP contribution in [0, 0.1) is 0 Å². The molecule has 2 N–H and O–H groups in total. The number of aromatic nitrogens is 4. The largest absolute Gasteiger partial charge is 0.479 e. The van der Waals surface area contributed by atoms with Crippen molar-refractivity contribution < 1.29 is 32.9 Å². The molecule has 1 fully saturated rings. The molecule has 0 bridgehead atoms. The first-order valence-corrected chi connectivity index (χ1v) is 11.3. The third-order valence-corrected chi connectivity index (χ3v) is 5.83. The Balaban J connectivity index is 1.44. The van der Waals surface area contributed by atoms with Crippen molar-refractivity contribution in [3.05, 3.63) is 78.1 Å². The second kappa shape index (κ2) is 10.2. The molecule has 4 atom stereocenters. The Hall–Kier alpha value is -4.58. The number of esters is 2. The Morgan fingerprint density at radius 3 is 2.32 bits per heavy atom. The lowest BCUT2D eigenvalue weighted by molar-refractivity contribution is -0.0603. The number of halogens is 1. The first kappa shape index (κ1) is 24.1. The standard InChI is InChI=1S/C25H22FN5O6/c1-34-22-17-20(27)28-13-29-21(17)31(30-22)23-18(26)19(37-25(33)15-10-6-3-7-11-15)16(36-23)12-35-24(32)14-8-4-2-5-9-14/h2-11,13,16,18-19,23H,12H2,1H3,(H2,27,28,29)/t16-,18-,19-,23-/m0/s1. The molecule has 0 amide bonds. The van der Waals surface area contributed by atoms with Gasteiger partial charge in [0.15, 0.2) is 24.2 Å².